The summed E-state index contributed by atoms with van der Waals surface area (Å²) in [4.78, 5) is 0. The van der Waals surface area contributed by atoms with Crippen molar-refractivity contribution in [2.45, 2.75) is 24.9 Å². The van der Waals surface area contributed by atoms with Crippen molar-refractivity contribution in [3.63, 3.8) is 0 Å². The maximum atomic E-state index is 6.13. The second-order valence-electron chi connectivity index (χ2n) is 4.80. The normalized spacial score (nSPS) is 34.5. The fourth-order valence-electron chi connectivity index (χ4n) is 3.15. The van der Waals surface area contributed by atoms with Crippen LogP contribution in [0.5, 0.6) is 0 Å². The molecule has 1 fully saturated rings. The summed E-state index contributed by atoms with van der Waals surface area (Å²) in [5.74, 6) is 0. The van der Waals surface area contributed by atoms with Gasteiger partial charge in [-0.2, -0.15) is 0 Å². The third kappa shape index (κ3) is 1.12. The minimum atomic E-state index is -0.512. The fraction of sp³-hybridized carbons (Fsp3) is 0.429. The van der Waals surface area contributed by atoms with Crippen molar-refractivity contribution < 1.29 is 14.2 Å². The molecule has 1 aromatic carbocycles. The molecule has 0 saturated carbocycles. The van der Waals surface area contributed by atoms with Crippen LogP contribution in [0, 0.1) is 6.92 Å². The van der Waals surface area contributed by atoms with Gasteiger partial charge in [-0.25, -0.2) is 0 Å². The number of hydrogen-bond donors (Lipinski definition) is 0. The molecule has 3 nitrogen and oxygen atoms in total. The molecular formula is C14H14O3. The quantitative estimate of drug-likeness (QED) is 0.692. The molecule has 88 valence electrons. The largest absolute Gasteiger partial charge is 0.349 e. The Hall–Kier alpha value is -1.16. The average molecular weight is 230 g/mol. The van der Waals surface area contributed by atoms with E-state index in [9.17, 15) is 0 Å². The molecule has 0 amide bonds. The second kappa shape index (κ2) is 3.19. The molecule has 3 aliphatic rings. The van der Waals surface area contributed by atoms with Gasteiger partial charge in [-0.3, -0.25) is 0 Å². The smallest absolute Gasteiger partial charge is 0.194 e. The van der Waals surface area contributed by atoms with E-state index in [2.05, 4.69) is 37.3 Å². The SMILES string of the molecule is Cc1cccc2c1C1(C3OCCO3)C=CC2O1. The highest BCUT2D eigenvalue weighted by molar-refractivity contribution is 5.51. The Morgan fingerprint density at radius 3 is 2.88 bits per heavy atom. The molecule has 17 heavy (non-hydrogen) atoms. The van der Waals surface area contributed by atoms with Crippen molar-refractivity contribution in [3.8, 4) is 0 Å². The summed E-state index contributed by atoms with van der Waals surface area (Å²) < 4.78 is 17.5. The maximum Gasteiger partial charge on any atom is 0.194 e. The van der Waals surface area contributed by atoms with E-state index in [4.69, 9.17) is 14.2 Å². The molecule has 0 aliphatic carbocycles. The number of aryl methyl sites for hydroxylation is 1. The van der Waals surface area contributed by atoms with Crippen molar-refractivity contribution >= 4 is 0 Å². The summed E-state index contributed by atoms with van der Waals surface area (Å²) >= 11 is 0. The molecule has 0 aromatic heterocycles. The first-order chi connectivity index (χ1) is 8.31. The molecule has 2 atom stereocenters. The van der Waals surface area contributed by atoms with Crippen LogP contribution < -0.4 is 0 Å². The Labute approximate surface area is 100.0 Å². The Morgan fingerprint density at radius 2 is 2.06 bits per heavy atom. The summed E-state index contributed by atoms with van der Waals surface area (Å²) in [7, 11) is 0. The molecule has 1 aromatic rings. The highest BCUT2D eigenvalue weighted by atomic mass is 16.7. The molecule has 0 spiro atoms. The zero-order valence-corrected chi connectivity index (χ0v) is 9.68. The zero-order valence-electron chi connectivity index (χ0n) is 9.68. The lowest BCUT2D eigenvalue weighted by molar-refractivity contribution is -0.181. The monoisotopic (exact) mass is 230 g/mol. The molecule has 3 heterocycles. The summed E-state index contributed by atoms with van der Waals surface area (Å²) in [6.07, 6.45) is 3.97. The number of rotatable bonds is 1. The Kier molecular flexibility index (Phi) is 1.85. The van der Waals surface area contributed by atoms with Gasteiger partial charge in [0, 0.05) is 5.56 Å². The maximum absolute atomic E-state index is 6.13. The summed E-state index contributed by atoms with van der Waals surface area (Å²) in [6, 6.07) is 6.33. The van der Waals surface area contributed by atoms with Gasteiger partial charge in [-0.05, 0) is 24.1 Å². The van der Waals surface area contributed by atoms with E-state index in [0.29, 0.717) is 13.2 Å². The van der Waals surface area contributed by atoms with Gasteiger partial charge in [0.25, 0.3) is 0 Å². The Bertz CT molecular complexity index is 502. The molecule has 3 heteroatoms. The zero-order chi connectivity index (χ0) is 11.5. The minimum absolute atomic E-state index is 0.0673. The summed E-state index contributed by atoms with van der Waals surface area (Å²) in [5.41, 5.74) is 3.22. The van der Waals surface area contributed by atoms with Crippen LogP contribution >= 0.6 is 0 Å². The van der Waals surface area contributed by atoms with E-state index in [1.807, 2.05) is 0 Å². The van der Waals surface area contributed by atoms with Crippen LogP contribution in [0.25, 0.3) is 0 Å². The molecule has 3 aliphatic heterocycles. The molecule has 4 rings (SSSR count). The molecule has 2 bridgehead atoms. The Balaban J connectivity index is 1.91. The average Bonchev–Trinajstić information content (AvgIpc) is 3.05. The summed E-state index contributed by atoms with van der Waals surface area (Å²) in [6.45, 7) is 3.42. The van der Waals surface area contributed by atoms with Crippen LogP contribution in [0.2, 0.25) is 0 Å². The van der Waals surface area contributed by atoms with E-state index in [1.165, 1.54) is 16.7 Å². The fourth-order valence-corrected chi connectivity index (χ4v) is 3.15. The van der Waals surface area contributed by atoms with Crippen molar-refractivity contribution in [2.24, 2.45) is 0 Å². The van der Waals surface area contributed by atoms with Crippen molar-refractivity contribution in [1.82, 2.24) is 0 Å². The number of hydrogen-bond acceptors (Lipinski definition) is 3. The van der Waals surface area contributed by atoms with Crippen LogP contribution in [-0.2, 0) is 19.8 Å². The third-order valence-corrected chi connectivity index (χ3v) is 3.81. The highest BCUT2D eigenvalue weighted by Gasteiger charge is 2.54. The van der Waals surface area contributed by atoms with Crippen LogP contribution in [0.4, 0.5) is 0 Å². The predicted molar refractivity (Wildman–Crippen MR) is 61.5 cm³/mol. The molecule has 0 radical (unpaired) electrons. The van der Waals surface area contributed by atoms with Crippen molar-refractivity contribution in [3.05, 3.63) is 47.0 Å². The van der Waals surface area contributed by atoms with Crippen LogP contribution in [0.3, 0.4) is 0 Å². The first kappa shape index (κ1) is 9.83. The minimum Gasteiger partial charge on any atom is -0.349 e. The summed E-state index contributed by atoms with van der Waals surface area (Å²) in [5, 5.41) is 0. The standard InChI is InChI=1S/C14H14O3/c1-9-3-2-4-10-11-5-6-14(17-11,12(9)10)13-15-7-8-16-13/h2-6,11,13H,7-8H2,1H3. The van der Waals surface area contributed by atoms with Gasteiger partial charge >= 0.3 is 0 Å². The van der Waals surface area contributed by atoms with Crippen LogP contribution in [-0.4, -0.2) is 19.5 Å². The van der Waals surface area contributed by atoms with Crippen LogP contribution in [0.1, 0.15) is 22.8 Å². The van der Waals surface area contributed by atoms with Gasteiger partial charge in [0.15, 0.2) is 11.9 Å². The van der Waals surface area contributed by atoms with Crippen molar-refractivity contribution in [2.75, 3.05) is 13.2 Å². The number of benzene rings is 1. The van der Waals surface area contributed by atoms with Gasteiger partial charge in [0.2, 0.25) is 0 Å². The third-order valence-electron chi connectivity index (χ3n) is 3.81. The van der Waals surface area contributed by atoms with E-state index in [1.54, 1.807) is 0 Å². The van der Waals surface area contributed by atoms with E-state index in [-0.39, 0.29) is 12.4 Å². The van der Waals surface area contributed by atoms with Gasteiger partial charge in [0.1, 0.15) is 6.10 Å². The number of ether oxygens (including phenoxy) is 3. The van der Waals surface area contributed by atoms with E-state index < -0.39 is 5.60 Å². The van der Waals surface area contributed by atoms with E-state index >= 15 is 0 Å². The Morgan fingerprint density at radius 1 is 1.24 bits per heavy atom. The molecular weight excluding hydrogens is 216 g/mol. The second-order valence-corrected chi connectivity index (χ2v) is 4.80. The highest BCUT2D eigenvalue weighted by Crippen LogP contribution is 2.54. The van der Waals surface area contributed by atoms with Gasteiger partial charge in [-0.15, -0.1) is 0 Å². The van der Waals surface area contributed by atoms with E-state index in [0.717, 1.165) is 0 Å². The predicted octanol–water partition coefficient (Wildman–Crippen LogP) is 2.20. The first-order valence-electron chi connectivity index (χ1n) is 6.02. The van der Waals surface area contributed by atoms with Crippen molar-refractivity contribution in [1.29, 1.82) is 0 Å². The lowest BCUT2D eigenvalue weighted by atomic mass is 9.83. The van der Waals surface area contributed by atoms with Gasteiger partial charge in [-0.1, -0.05) is 24.3 Å². The topological polar surface area (TPSA) is 27.7 Å². The van der Waals surface area contributed by atoms with Gasteiger partial charge in [0.05, 0.1) is 13.2 Å². The van der Waals surface area contributed by atoms with Gasteiger partial charge < -0.3 is 14.2 Å². The molecule has 0 N–H and O–H groups in total. The number of fused-ring (bicyclic) bond motifs is 5. The lowest BCUT2D eigenvalue weighted by Crippen LogP contribution is -2.37. The lowest BCUT2D eigenvalue weighted by Gasteiger charge is -2.30. The first-order valence-corrected chi connectivity index (χ1v) is 6.02. The molecule has 2 unspecified atom stereocenters. The van der Waals surface area contributed by atoms with Crippen LogP contribution in [0.15, 0.2) is 30.4 Å². The molecule has 1 saturated heterocycles.